The van der Waals surface area contributed by atoms with Gasteiger partial charge in [-0.3, -0.25) is 4.68 Å². The quantitative estimate of drug-likeness (QED) is 0.908. The van der Waals surface area contributed by atoms with Crippen LogP contribution >= 0.6 is 11.6 Å². The summed E-state index contributed by atoms with van der Waals surface area (Å²) in [5.74, 6) is 0.745. The van der Waals surface area contributed by atoms with Gasteiger partial charge in [0.2, 0.25) is 0 Å². The smallest absolute Gasteiger partial charge is 0.138 e. The summed E-state index contributed by atoms with van der Waals surface area (Å²) >= 11 is 6.03. The lowest BCUT2D eigenvalue weighted by Crippen LogP contribution is -2.07. The lowest BCUT2D eigenvalue weighted by Gasteiger charge is -2.11. The highest BCUT2D eigenvalue weighted by atomic mass is 35.5. The van der Waals surface area contributed by atoms with Gasteiger partial charge in [0, 0.05) is 18.5 Å². The van der Waals surface area contributed by atoms with E-state index in [1.807, 2.05) is 19.1 Å². The fraction of sp³-hybridized carbons (Fsp3) is 0.333. The Balaban J connectivity index is 2.17. The average Bonchev–Trinajstić information content (AvgIpc) is 2.68. The number of aliphatic hydroxyl groups excluding tert-OH is 1. The zero-order valence-corrected chi connectivity index (χ0v) is 10.5. The van der Waals surface area contributed by atoms with Crippen LogP contribution in [0.4, 0.5) is 0 Å². The van der Waals surface area contributed by atoms with E-state index < -0.39 is 6.10 Å². The maximum absolute atomic E-state index is 10.1. The molecule has 0 bridgehead atoms. The van der Waals surface area contributed by atoms with Crippen molar-refractivity contribution in [1.82, 2.24) is 14.8 Å². The first-order valence-corrected chi connectivity index (χ1v) is 5.72. The highest BCUT2D eigenvalue weighted by Crippen LogP contribution is 2.23. The third-order valence-corrected chi connectivity index (χ3v) is 3.17. The molecule has 1 atom stereocenters. The van der Waals surface area contributed by atoms with Crippen molar-refractivity contribution in [1.29, 1.82) is 0 Å². The summed E-state index contributed by atoms with van der Waals surface area (Å²) < 4.78 is 1.65. The van der Waals surface area contributed by atoms with Crippen molar-refractivity contribution in [2.45, 2.75) is 19.4 Å². The number of aromatic nitrogens is 3. The molecule has 0 amide bonds. The molecule has 0 saturated carbocycles. The first-order chi connectivity index (χ1) is 8.08. The van der Waals surface area contributed by atoms with Gasteiger partial charge >= 0.3 is 0 Å². The van der Waals surface area contributed by atoms with Gasteiger partial charge in [0.15, 0.2) is 0 Å². The second-order valence-electron chi connectivity index (χ2n) is 4.03. The normalized spacial score (nSPS) is 12.7. The molecule has 0 saturated heterocycles. The van der Waals surface area contributed by atoms with E-state index in [9.17, 15) is 5.11 Å². The van der Waals surface area contributed by atoms with E-state index in [-0.39, 0.29) is 0 Å². The second-order valence-corrected chi connectivity index (χ2v) is 4.44. The number of nitrogens with zero attached hydrogens (tertiary/aromatic N) is 3. The monoisotopic (exact) mass is 251 g/mol. The molecule has 0 radical (unpaired) electrons. The standard InChI is InChI=1S/C12H14ClN3O/c1-8-3-4-9(5-10(8)13)11(17)6-12-14-7-15-16(12)2/h3-5,7,11,17H,6H2,1-2H3. The Morgan fingerprint density at radius 2 is 2.24 bits per heavy atom. The molecule has 5 heteroatoms. The van der Waals surface area contributed by atoms with E-state index in [1.165, 1.54) is 6.33 Å². The molecular weight excluding hydrogens is 238 g/mol. The number of rotatable bonds is 3. The first kappa shape index (κ1) is 12.1. The lowest BCUT2D eigenvalue weighted by atomic mass is 10.0. The molecule has 1 heterocycles. The summed E-state index contributed by atoms with van der Waals surface area (Å²) in [4.78, 5) is 4.08. The van der Waals surface area contributed by atoms with Gasteiger partial charge in [0.05, 0.1) is 6.10 Å². The molecule has 90 valence electrons. The van der Waals surface area contributed by atoms with E-state index in [0.717, 1.165) is 17.0 Å². The van der Waals surface area contributed by atoms with Gasteiger partial charge in [-0.1, -0.05) is 23.7 Å². The fourth-order valence-electron chi connectivity index (χ4n) is 1.61. The molecule has 1 unspecified atom stereocenters. The number of aliphatic hydroxyl groups is 1. The predicted molar refractivity (Wildman–Crippen MR) is 65.9 cm³/mol. The van der Waals surface area contributed by atoms with Crippen molar-refractivity contribution < 1.29 is 5.11 Å². The Kier molecular flexibility index (Phi) is 3.45. The van der Waals surface area contributed by atoms with Crippen LogP contribution in [0.5, 0.6) is 0 Å². The molecule has 17 heavy (non-hydrogen) atoms. The van der Waals surface area contributed by atoms with Crippen molar-refractivity contribution >= 4 is 11.6 Å². The molecule has 0 spiro atoms. The molecule has 0 fully saturated rings. The number of benzene rings is 1. The maximum atomic E-state index is 10.1. The Labute approximate surface area is 105 Å². The highest BCUT2D eigenvalue weighted by Gasteiger charge is 2.12. The van der Waals surface area contributed by atoms with Crippen LogP contribution in [0, 0.1) is 6.92 Å². The summed E-state index contributed by atoms with van der Waals surface area (Å²) in [6, 6.07) is 5.57. The van der Waals surface area contributed by atoms with Crippen LogP contribution in [0.15, 0.2) is 24.5 Å². The van der Waals surface area contributed by atoms with E-state index in [4.69, 9.17) is 11.6 Å². The van der Waals surface area contributed by atoms with E-state index in [1.54, 1.807) is 17.8 Å². The van der Waals surface area contributed by atoms with Gasteiger partial charge in [-0.15, -0.1) is 0 Å². The molecule has 2 aromatic rings. The van der Waals surface area contributed by atoms with E-state index in [0.29, 0.717) is 11.4 Å². The van der Waals surface area contributed by atoms with Crippen LogP contribution in [0.3, 0.4) is 0 Å². The highest BCUT2D eigenvalue weighted by molar-refractivity contribution is 6.31. The summed E-state index contributed by atoms with van der Waals surface area (Å²) in [6.45, 7) is 1.93. The third-order valence-electron chi connectivity index (χ3n) is 2.76. The topological polar surface area (TPSA) is 50.9 Å². The molecular formula is C12H14ClN3O. The van der Waals surface area contributed by atoms with Gasteiger partial charge < -0.3 is 5.11 Å². The van der Waals surface area contributed by atoms with E-state index >= 15 is 0 Å². The molecule has 0 aliphatic carbocycles. The summed E-state index contributed by atoms with van der Waals surface area (Å²) in [5, 5.41) is 14.7. The van der Waals surface area contributed by atoms with Crippen LogP contribution in [0.1, 0.15) is 23.1 Å². The molecule has 0 aliphatic heterocycles. The minimum Gasteiger partial charge on any atom is -0.388 e. The van der Waals surface area contributed by atoms with Crippen molar-refractivity contribution in [3.05, 3.63) is 46.5 Å². The van der Waals surface area contributed by atoms with Crippen LogP contribution in [0.2, 0.25) is 5.02 Å². The zero-order chi connectivity index (χ0) is 12.4. The number of halogens is 1. The minimum atomic E-state index is -0.615. The van der Waals surface area contributed by atoms with Crippen molar-refractivity contribution in [3.8, 4) is 0 Å². The van der Waals surface area contributed by atoms with Crippen LogP contribution in [0.25, 0.3) is 0 Å². The summed E-state index contributed by atoms with van der Waals surface area (Å²) in [5.41, 5.74) is 1.80. The number of hydrogen-bond donors (Lipinski definition) is 1. The molecule has 0 aliphatic rings. The number of aryl methyl sites for hydroxylation is 2. The molecule has 4 nitrogen and oxygen atoms in total. The maximum Gasteiger partial charge on any atom is 0.138 e. The third kappa shape index (κ3) is 2.65. The van der Waals surface area contributed by atoms with Gasteiger partial charge in [-0.05, 0) is 24.1 Å². The first-order valence-electron chi connectivity index (χ1n) is 5.35. The van der Waals surface area contributed by atoms with Gasteiger partial charge in [0.1, 0.15) is 12.2 Å². The largest absolute Gasteiger partial charge is 0.388 e. The Morgan fingerprint density at radius 3 is 2.82 bits per heavy atom. The zero-order valence-electron chi connectivity index (χ0n) is 9.76. The Bertz CT molecular complexity index is 524. The molecule has 1 N–H and O–H groups in total. The average molecular weight is 252 g/mol. The van der Waals surface area contributed by atoms with Crippen molar-refractivity contribution in [2.75, 3.05) is 0 Å². The van der Waals surface area contributed by atoms with Crippen LogP contribution in [-0.4, -0.2) is 19.9 Å². The molecule has 2 rings (SSSR count). The SMILES string of the molecule is Cc1ccc(C(O)Cc2ncnn2C)cc1Cl. The van der Waals surface area contributed by atoms with Crippen LogP contribution < -0.4 is 0 Å². The van der Waals surface area contributed by atoms with Gasteiger partial charge in [-0.2, -0.15) is 5.10 Å². The predicted octanol–water partition coefficient (Wildman–Crippen LogP) is 2.05. The molecule has 1 aromatic heterocycles. The molecule has 1 aromatic carbocycles. The van der Waals surface area contributed by atoms with Gasteiger partial charge in [0.25, 0.3) is 0 Å². The second kappa shape index (κ2) is 4.85. The Hall–Kier alpha value is -1.39. The summed E-state index contributed by atoms with van der Waals surface area (Å²) in [7, 11) is 1.80. The van der Waals surface area contributed by atoms with Gasteiger partial charge in [-0.25, -0.2) is 4.98 Å². The van der Waals surface area contributed by atoms with Crippen LogP contribution in [-0.2, 0) is 13.5 Å². The van der Waals surface area contributed by atoms with Crippen molar-refractivity contribution in [2.24, 2.45) is 7.05 Å². The Morgan fingerprint density at radius 1 is 1.47 bits per heavy atom. The van der Waals surface area contributed by atoms with Crippen molar-refractivity contribution in [3.63, 3.8) is 0 Å². The summed E-state index contributed by atoms with van der Waals surface area (Å²) in [6.07, 6.45) is 1.29. The van der Waals surface area contributed by atoms with E-state index in [2.05, 4.69) is 10.1 Å². The minimum absolute atomic E-state index is 0.426. The lowest BCUT2D eigenvalue weighted by molar-refractivity contribution is 0.174. The fourth-order valence-corrected chi connectivity index (χ4v) is 1.80. The number of hydrogen-bond acceptors (Lipinski definition) is 3.